The number of hydrogen-bond acceptors (Lipinski definition) is 11. The van der Waals surface area contributed by atoms with E-state index in [1.54, 1.807) is 10.2 Å². The minimum absolute atomic E-state index is 0.00204. The van der Waals surface area contributed by atoms with Crippen molar-refractivity contribution in [2.24, 2.45) is 0 Å². The molecule has 1 unspecified atom stereocenters. The van der Waals surface area contributed by atoms with Crippen LogP contribution in [0.3, 0.4) is 0 Å². The lowest BCUT2D eigenvalue weighted by Crippen LogP contribution is -2.55. The predicted octanol–water partition coefficient (Wildman–Crippen LogP) is 0.754. The Kier molecular flexibility index (Phi) is 9.85. The number of amides is 7. The number of aromatic nitrogens is 2. The van der Waals surface area contributed by atoms with Crippen molar-refractivity contribution in [3.8, 4) is 5.75 Å². The molecule has 16 nitrogen and oxygen atoms in total. The van der Waals surface area contributed by atoms with Gasteiger partial charge in [0.1, 0.15) is 18.3 Å². The largest absolute Gasteiger partial charge is 0.483 e. The Labute approximate surface area is 283 Å². The summed E-state index contributed by atoms with van der Waals surface area (Å²) < 4.78 is 42.6. The number of imide groups is 2. The molecule has 7 amide bonds. The van der Waals surface area contributed by atoms with Crippen molar-refractivity contribution in [1.82, 2.24) is 35.3 Å². The number of hydrogen-bond donors (Lipinski definition) is 3. The Balaban J connectivity index is 0.946. The standard InChI is InChI=1S/C31H34F3N9O7/c32-31(33,34)17-37-30(49)38-18-14-35-29(36-15-18)42-8-6-19(7-9-42)40-10-12-41(13-11-40)24(45)16-50-22-3-1-2-20-25(22)28(48)43(27(20)47)21-4-5-23(44)39-26(21)46/h1-3,14-15,19,21H,4-13,16-17H2,(H2,37,38,49)(H,39,44,46). The van der Waals surface area contributed by atoms with Crippen LogP contribution in [0.1, 0.15) is 46.4 Å². The Morgan fingerprint density at radius 1 is 0.940 bits per heavy atom. The average molecular weight is 702 g/mol. The molecule has 1 aromatic carbocycles. The predicted molar refractivity (Wildman–Crippen MR) is 167 cm³/mol. The molecule has 6 rings (SSSR count). The molecule has 4 aliphatic heterocycles. The number of nitrogens with one attached hydrogen (secondary N) is 3. The number of piperazine rings is 1. The molecule has 19 heteroatoms. The minimum atomic E-state index is -4.52. The highest BCUT2D eigenvalue weighted by Gasteiger charge is 2.46. The topological polar surface area (TPSA) is 186 Å². The number of nitrogens with zero attached hydrogens (tertiary/aromatic N) is 6. The molecule has 0 bridgehead atoms. The summed E-state index contributed by atoms with van der Waals surface area (Å²) in [5.41, 5.74) is 0.211. The van der Waals surface area contributed by atoms with Gasteiger partial charge < -0.3 is 25.2 Å². The van der Waals surface area contributed by atoms with Crippen LogP contribution in [0.15, 0.2) is 30.6 Å². The lowest BCUT2D eigenvalue weighted by Gasteiger charge is -2.42. The molecule has 1 aromatic heterocycles. The van der Waals surface area contributed by atoms with Gasteiger partial charge in [-0.1, -0.05) is 6.07 Å². The van der Waals surface area contributed by atoms with E-state index >= 15 is 0 Å². The number of fused-ring (bicyclic) bond motifs is 1. The zero-order chi connectivity index (χ0) is 35.6. The van der Waals surface area contributed by atoms with Gasteiger partial charge in [0.25, 0.3) is 17.7 Å². The molecule has 0 radical (unpaired) electrons. The highest BCUT2D eigenvalue weighted by atomic mass is 19.4. The van der Waals surface area contributed by atoms with Gasteiger partial charge in [0, 0.05) is 51.7 Å². The van der Waals surface area contributed by atoms with Crippen LogP contribution >= 0.6 is 0 Å². The third-order valence-electron chi connectivity index (χ3n) is 9.06. The van der Waals surface area contributed by atoms with Crippen LogP contribution in [0.25, 0.3) is 0 Å². The van der Waals surface area contributed by atoms with E-state index in [-0.39, 0.29) is 54.0 Å². The van der Waals surface area contributed by atoms with Crippen molar-refractivity contribution < 1.29 is 46.7 Å². The van der Waals surface area contributed by atoms with Crippen LogP contribution in [0.4, 0.5) is 29.6 Å². The van der Waals surface area contributed by atoms with Gasteiger partial charge in [0.2, 0.25) is 17.8 Å². The second kappa shape index (κ2) is 14.3. The Morgan fingerprint density at radius 2 is 1.64 bits per heavy atom. The number of halogens is 3. The Morgan fingerprint density at radius 3 is 2.30 bits per heavy atom. The van der Waals surface area contributed by atoms with Crippen LogP contribution in [-0.4, -0.2) is 131 Å². The smallest absolute Gasteiger partial charge is 0.405 e. The molecule has 3 saturated heterocycles. The molecule has 2 aromatic rings. The molecule has 3 fully saturated rings. The lowest BCUT2D eigenvalue weighted by molar-refractivity contribution is -0.136. The summed E-state index contributed by atoms with van der Waals surface area (Å²) in [6.07, 6.45) is -0.180. The van der Waals surface area contributed by atoms with Crippen molar-refractivity contribution in [2.45, 2.75) is 43.9 Å². The SMILES string of the molecule is O=C1CCC(N2C(=O)c3cccc(OCC(=O)N4CCN(C5CCN(c6ncc(NC(=O)NCC(F)(F)F)cn6)CC5)CC4)c3C2=O)C(=O)N1. The van der Waals surface area contributed by atoms with Gasteiger partial charge in [-0.15, -0.1) is 0 Å². The molecule has 266 valence electrons. The summed E-state index contributed by atoms with van der Waals surface area (Å²) in [7, 11) is 0. The fraction of sp³-hybridized carbons (Fsp3) is 0.484. The fourth-order valence-corrected chi connectivity index (χ4v) is 6.51. The van der Waals surface area contributed by atoms with Crippen LogP contribution in [-0.2, 0) is 14.4 Å². The zero-order valence-corrected chi connectivity index (χ0v) is 26.7. The Bertz CT molecular complexity index is 1670. The first-order chi connectivity index (χ1) is 23.9. The highest BCUT2D eigenvalue weighted by Crippen LogP contribution is 2.33. The molecule has 50 heavy (non-hydrogen) atoms. The van der Waals surface area contributed by atoms with E-state index in [0.29, 0.717) is 45.2 Å². The molecule has 5 heterocycles. The van der Waals surface area contributed by atoms with Crippen molar-refractivity contribution in [3.63, 3.8) is 0 Å². The molecular formula is C31H34F3N9O7. The first kappa shape index (κ1) is 34.5. The van der Waals surface area contributed by atoms with E-state index in [1.807, 2.05) is 4.90 Å². The minimum Gasteiger partial charge on any atom is -0.483 e. The van der Waals surface area contributed by atoms with E-state index in [9.17, 15) is 41.9 Å². The van der Waals surface area contributed by atoms with Crippen molar-refractivity contribution in [3.05, 3.63) is 41.7 Å². The third kappa shape index (κ3) is 7.61. The number of urea groups is 1. The molecular weight excluding hydrogens is 667 g/mol. The van der Waals surface area contributed by atoms with E-state index in [1.165, 1.54) is 30.6 Å². The van der Waals surface area contributed by atoms with Gasteiger partial charge in [-0.25, -0.2) is 14.8 Å². The maximum absolute atomic E-state index is 13.3. The zero-order valence-electron chi connectivity index (χ0n) is 26.7. The van der Waals surface area contributed by atoms with E-state index in [0.717, 1.165) is 17.7 Å². The molecule has 0 saturated carbocycles. The molecule has 3 N–H and O–H groups in total. The molecule has 4 aliphatic rings. The molecule has 0 aliphatic carbocycles. The molecule has 1 atom stereocenters. The first-order valence-electron chi connectivity index (χ1n) is 16.1. The van der Waals surface area contributed by atoms with Crippen molar-refractivity contribution in [2.75, 3.05) is 62.6 Å². The number of piperidine rings is 2. The summed E-state index contributed by atoms with van der Waals surface area (Å²) in [6.45, 7) is 1.79. The first-order valence-corrected chi connectivity index (χ1v) is 16.1. The van der Waals surface area contributed by atoms with E-state index < -0.39 is 48.4 Å². The second-order valence-electron chi connectivity index (χ2n) is 12.2. The van der Waals surface area contributed by atoms with Gasteiger partial charge in [0.15, 0.2) is 6.61 Å². The lowest BCUT2D eigenvalue weighted by atomic mass is 10.0. The average Bonchev–Trinajstić information content (AvgIpc) is 3.36. The maximum Gasteiger partial charge on any atom is 0.405 e. The Hall–Kier alpha value is -5.33. The number of carbonyl (C=O) groups excluding carboxylic acids is 6. The van der Waals surface area contributed by atoms with Crippen LogP contribution in [0.5, 0.6) is 5.75 Å². The quantitative estimate of drug-likeness (QED) is 0.330. The fourth-order valence-electron chi connectivity index (χ4n) is 6.51. The number of carbonyl (C=O) groups is 6. The van der Waals surface area contributed by atoms with Crippen LogP contribution in [0.2, 0.25) is 0 Å². The van der Waals surface area contributed by atoms with Crippen LogP contribution < -0.4 is 25.6 Å². The summed E-state index contributed by atoms with van der Waals surface area (Å²) >= 11 is 0. The summed E-state index contributed by atoms with van der Waals surface area (Å²) in [5, 5.41) is 6.14. The van der Waals surface area contributed by atoms with Gasteiger partial charge in [-0.05, 0) is 31.4 Å². The van der Waals surface area contributed by atoms with Crippen molar-refractivity contribution in [1.29, 1.82) is 0 Å². The van der Waals surface area contributed by atoms with E-state index in [4.69, 9.17) is 4.74 Å². The molecule has 0 spiro atoms. The van der Waals surface area contributed by atoms with Crippen molar-refractivity contribution >= 4 is 47.2 Å². The summed E-state index contributed by atoms with van der Waals surface area (Å²) in [6, 6.07) is 2.64. The number of benzene rings is 1. The van der Waals surface area contributed by atoms with Gasteiger partial charge in [-0.3, -0.25) is 39.1 Å². The number of anilines is 2. The summed E-state index contributed by atoms with van der Waals surface area (Å²) in [4.78, 5) is 90.4. The van der Waals surface area contributed by atoms with Gasteiger partial charge >= 0.3 is 12.2 Å². The maximum atomic E-state index is 13.3. The van der Waals surface area contributed by atoms with Gasteiger partial charge in [-0.2, -0.15) is 13.2 Å². The van der Waals surface area contributed by atoms with Gasteiger partial charge in [0.05, 0.1) is 29.2 Å². The summed E-state index contributed by atoms with van der Waals surface area (Å²) in [5.74, 6) is -2.32. The third-order valence-corrected chi connectivity index (χ3v) is 9.06. The number of alkyl halides is 3. The normalized spacial score (nSPS) is 20.5. The highest BCUT2D eigenvalue weighted by molar-refractivity contribution is 6.24. The van der Waals surface area contributed by atoms with Crippen LogP contribution in [0, 0.1) is 0 Å². The van der Waals surface area contributed by atoms with E-state index in [2.05, 4.69) is 25.5 Å². The second-order valence-corrected chi connectivity index (χ2v) is 12.2. The monoisotopic (exact) mass is 701 g/mol. The number of rotatable bonds is 8. The number of ether oxygens (including phenoxy) is 1.